The normalized spacial score (nSPS) is 12.9. The van der Waals surface area contributed by atoms with Crippen LogP contribution >= 0.6 is 0 Å². The third kappa shape index (κ3) is 41.6. The topological polar surface area (TPSA) is 196 Å². The zero-order chi connectivity index (χ0) is 53.8. The van der Waals surface area contributed by atoms with Crippen LogP contribution in [-0.4, -0.2) is 93.6 Å². The number of nitrogens with one attached hydrogen (secondary N) is 1. The van der Waals surface area contributed by atoms with Crippen molar-refractivity contribution in [3.05, 3.63) is 0 Å². The number of ether oxygens (including phenoxy) is 6. The second-order valence-corrected chi connectivity index (χ2v) is 20.3. The fourth-order valence-corrected chi connectivity index (χ4v) is 8.87. The van der Waals surface area contributed by atoms with Crippen LogP contribution in [0.5, 0.6) is 0 Å². The molecule has 0 rings (SSSR count). The van der Waals surface area contributed by atoms with E-state index >= 15 is 0 Å². The van der Waals surface area contributed by atoms with Gasteiger partial charge in [-0.25, -0.2) is 4.79 Å². The van der Waals surface area contributed by atoms with Crippen molar-refractivity contribution in [1.29, 1.82) is 0 Å². The molecule has 0 saturated carbocycles. The Bertz CT molecular complexity index is 1350. The lowest BCUT2D eigenvalue weighted by Crippen LogP contribution is -2.58. The largest absolute Gasteiger partial charge is 0.460 e. The molecule has 0 aliphatic carbocycles. The molecule has 0 bridgehead atoms. The fourth-order valence-electron chi connectivity index (χ4n) is 8.87. The molecule has 73 heavy (non-hydrogen) atoms. The second-order valence-electron chi connectivity index (χ2n) is 20.3. The van der Waals surface area contributed by atoms with Gasteiger partial charge in [-0.1, -0.05) is 233 Å². The Morgan fingerprint density at radius 3 is 0.945 bits per heavy atom. The zero-order valence-corrected chi connectivity index (χ0v) is 47.4. The van der Waals surface area contributed by atoms with Gasteiger partial charge < -0.3 is 39.5 Å². The van der Waals surface area contributed by atoms with Crippen molar-refractivity contribution < 1.29 is 57.2 Å². The number of amides is 1. The molecular weight excluding hydrogens is 929 g/mol. The average Bonchev–Trinajstić information content (AvgIpc) is 3.38. The van der Waals surface area contributed by atoms with Crippen LogP contribution in [0.3, 0.4) is 0 Å². The summed E-state index contributed by atoms with van der Waals surface area (Å²) in [6.45, 7) is 8.53. The van der Waals surface area contributed by atoms with Crippen molar-refractivity contribution >= 4 is 35.8 Å². The Labute approximate surface area is 444 Å². The molecule has 0 aromatic rings. The van der Waals surface area contributed by atoms with Crippen molar-refractivity contribution in [1.82, 2.24) is 5.32 Å². The number of rotatable bonds is 54. The summed E-state index contributed by atoms with van der Waals surface area (Å²) in [5.41, 5.74) is 5.81. The Balaban J connectivity index is 6.97. The maximum Gasteiger partial charge on any atom is 0.351 e. The highest BCUT2D eigenvalue weighted by Crippen LogP contribution is 2.25. The molecule has 3 N–H and O–H groups in total. The van der Waals surface area contributed by atoms with E-state index < -0.39 is 60.2 Å². The van der Waals surface area contributed by atoms with Crippen LogP contribution < -0.4 is 11.1 Å². The van der Waals surface area contributed by atoms with Crippen LogP contribution in [0.25, 0.3) is 0 Å². The van der Waals surface area contributed by atoms with Crippen LogP contribution in [0.2, 0.25) is 0 Å². The van der Waals surface area contributed by atoms with E-state index in [4.69, 9.17) is 34.2 Å². The zero-order valence-electron chi connectivity index (χ0n) is 47.4. The number of methoxy groups -OCH3 is 1. The number of carbonyl (C=O) groups is 6. The van der Waals surface area contributed by atoms with Gasteiger partial charge in [0.2, 0.25) is 12.2 Å². The van der Waals surface area contributed by atoms with E-state index in [1.165, 1.54) is 110 Å². The van der Waals surface area contributed by atoms with Crippen molar-refractivity contribution in [2.45, 2.75) is 309 Å². The number of hydrogen-bond donors (Lipinski definition) is 2. The summed E-state index contributed by atoms with van der Waals surface area (Å²) >= 11 is 0. The van der Waals surface area contributed by atoms with Crippen LogP contribution in [0.4, 0.5) is 0 Å². The Morgan fingerprint density at radius 2 is 0.644 bits per heavy atom. The third-order valence-corrected chi connectivity index (χ3v) is 13.4. The Hall–Kier alpha value is -3.26. The SMILES string of the molecule is CCCCCCCCCCCC(=O)OC(C(=O)NCCN)C(OC(=O)CCCCCCCCCCC)C(OC(=O)CCCCCCCCCCC)C(OC(=O)CCCCCCCCCCC)C(=O)OCCOC. The molecule has 1 amide bonds. The molecule has 14 nitrogen and oxygen atoms in total. The summed E-state index contributed by atoms with van der Waals surface area (Å²) in [5, 5.41) is 2.65. The molecular formula is C59H110N2O12. The Morgan fingerprint density at radius 1 is 0.370 bits per heavy atom. The van der Waals surface area contributed by atoms with Crippen molar-refractivity contribution in [2.24, 2.45) is 5.73 Å². The van der Waals surface area contributed by atoms with Gasteiger partial charge in [-0.15, -0.1) is 0 Å². The minimum absolute atomic E-state index is 0.00561. The lowest BCUT2D eigenvalue weighted by Gasteiger charge is -2.34. The van der Waals surface area contributed by atoms with Gasteiger partial charge in [-0.3, -0.25) is 24.0 Å². The van der Waals surface area contributed by atoms with Gasteiger partial charge in [0.15, 0.2) is 12.2 Å². The van der Waals surface area contributed by atoms with Crippen LogP contribution in [0.1, 0.15) is 285 Å². The van der Waals surface area contributed by atoms with E-state index in [-0.39, 0.29) is 52.0 Å². The summed E-state index contributed by atoms with van der Waals surface area (Å²) < 4.78 is 34.8. The first kappa shape index (κ1) is 69.7. The average molecular weight is 1040 g/mol. The second kappa shape index (κ2) is 52.2. The molecule has 14 heteroatoms. The highest BCUT2D eigenvalue weighted by molar-refractivity contribution is 5.86. The number of carbonyl (C=O) groups excluding carboxylic acids is 6. The molecule has 4 atom stereocenters. The van der Waals surface area contributed by atoms with Gasteiger partial charge in [-0.05, 0) is 25.7 Å². The lowest BCUT2D eigenvalue weighted by molar-refractivity contribution is -0.207. The van der Waals surface area contributed by atoms with Gasteiger partial charge in [-0.2, -0.15) is 0 Å². The quantitative estimate of drug-likeness (QED) is 0.0332. The van der Waals surface area contributed by atoms with E-state index in [0.717, 1.165) is 103 Å². The molecule has 0 spiro atoms. The summed E-state index contributed by atoms with van der Waals surface area (Å²) in [6, 6.07) is 0. The van der Waals surface area contributed by atoms with E-state index in [9.17, 15) is 28.8 Å². The summed E-state index contributed by atoms with van der Waals surface area (Å²) in [7, 11) is 1.43. The molecule has 0 fully saturated rings. The van der Waals surface area contributed by atoms with E-state index in [2.05, 4.69) is 33.0 Å². The molecule has 0 aromatic heterocycles. The minimum atomic E-state index is -2.00. The number of hydrogen-bond acceptors (Lipinski definition) is 13. The first-order chi connectivity index (χ1) is 35.6. The van der Waals surface area contributed by atoms with Crippen molar-refractivity contribution in [3.8, 4) is 0 Å². The first-order valence-electron chi connectivity index (χ1n) is 30.0. The smallest absolute Gasteiger partial charge is 0.351 e. The summed E-state index contributed by atoms with van der Waals surface area (Å²) in [5.74, 6) is -4.99. The standard InChI is InChI=1S/C59H110N2O12/c1-6-10-14-18-22-26-30-34-38-42-50(62)70-54(56(58(66)61-47-46-60)72-52(64)44-40-36-32-28-24-20-16-12-8-3)55(71-51(63)43-39-35-31-27-23-19-15-11-7-2)57(59(67)69-49-48-68-5)73-53(65)45-41-37-33-29-25-21-17-13-9-4/h54-57H,6-49,60H2,1-5H3,(H,61,66). The van der Waals surface area contributed by atoms with Crippen molar-refractivity contribution in [2.75, 3.05) is 33.4 Å². The van der Waals surface area contributed by atoms with E-state index in [1.54, 1.807) is 0 Å². The summed E-state index contributed by atoms with van der Waals surface area (Å²) in [4.78, 5) is 84.1. The van der Waals surface area contributed by atoms with E-state index in [1.807, 2.05) is 0 Å². The van der Waals surface area contributed by atoms with Gasteiger partial charge >= 0.3 is 29.8 Å². The molecule has 0 saturated heterocycles. The molecule has 4 unspecified atom stereocenters. The first-order valence-corrected chi connectivity index (χ1v) is 30.0. The molecule has 0 aliphatic heterocycles. The number of esters is 5. The van der Waals surface area contributed by atoms with Crippen LogP contribution in [0.15, 0.2) is 0 Å². The fraction of sp³-hybridized carbons (Fsp3) is 0.898. The molecule has 0 aliphatic rings. The number of unbranched alkanes of at least 4 members (excludes halogenated alkanes) is 32. The number of nitrogens with two attached hydrogens (primary N) is 1. The maximum atomic E-state index is 14.3. The predicted molar refractivity (Wildman–Crippen MR) is 292 cm³/mol. The van der Waals surface area contributed by atoms with Gasteiger partial charge in [0.25, 0.3) is 5.91 Å². The highest BCUT2D eigenvalue weighted by Gasteiger charge is 2.50. The van der Waals surface area contributed by atoms with Gasteiger partial charge in [0, 0.05) is 45.9 Å². The van der Waals surface area contributed by atoms with Gasteiger partial charge in [0.1, 0.15) is 6.61 Å². The van der Waals surface area contributed by atoms with Gasteiger partial charge in [0.05, 0.1) is 6.61 Å². The Kier molecular flexibility index (Phi) is 49.9. The predicted octanol–water partition coefficient (Wildman–Crippen LogP) is 13.6. The minimum Gasteiger partial charge on any atom is -0.460 e. The molecule has 0 radical (unpaired) electrons. The third-order valence-electron chi connectivity index (χ3n) is 13.4. The van der Waals surface area contributed by atoms with E-state index in [0.29, 0.717) is 25.7 Å². The summed E-state index contributed by atoms with van der Waals surface area (Å²) in [6.07, 6.45) is 28.4. The van der Waals surface area contributed by atoms with Crippen molar-refractivity contribution in [3.63, 3.8) is 0 Å². The highest BCUT2D eigenvalue weighted by atomic mass is 16.6. The molecule has 428 valence electrons. The molecule has 0 heterocycles. The molecule has 0 aromatic carbocycles. The monoisotopic (exact) mass is 1040 g/mol. The lowest BCUT2D eigenvalue weighted by atomic mass is 10.00. The van der Waals surface area contributed by atoms with Crippen LogP contribution in [0, 0.1) is 0 Å². The van der Waals surface area contributed by atoms with Crippen LogP contribution in [-0.2, 0) is 57.2 Å². The maximum absolute atomic E-state index is 14.3.